The van der Waals surface area contributed by atoms with Crippen molar-refractivity contribution in [3.05, 3.63) is 44.9 Å². The highest BCUT2D eigenvalue weighted by Crippen LogP contribution is 2.34. The topological polar surface area (TPSA) is 145 Å². The molecule has 12 heteroatoms. The summed E-state index contributed by atoms with van der Waals surface area (Å²) in [5.41, 5.74) is 0.353. The molecule has 28 heavy (non-hydrogen) atoms. The summed E-state index contributed by atoms with van der Waals surface area (Å²) >= 11 is 1.39. The van der Waals surface area contributed by atoms with Crippen molar-refractivity contribution in [2.75, 3.05) is 18.2 Å². The number of carbonyl (C=O) groups excluding carboxylic acids is 1. The second kappa shape index (κ2) is 6.96. The average molecular weight is 402 g/mol. The van der Waals surface area contributed by atoms with Crippen molar-refractivity contribution in [2.24, 2.45) is 0 Å². The van der Waals surface area contributed by atoms with Gasteiger partial charge in [-0.3, -0.25) is 29.4 Å². The molecule has 0 saturated carbocycles. The molecule has 0 fully saturated rings. The lowest BCUT2D eigenvalue weighted by atomic mass is 10.2. The highest BCUT2D eigenvalue weighted by Gasteiger charge is 2.29. The maximum absolute atomic E-state index is 12.7. The third-order valence-corrected chi connectivity index (χ3v) is 5.44. The minimum Gasteiger partial charge on any atom is -0.494 e. The molecule has 0 spiro atoms. The first-order valence-corrected chi connectivity index (χ1v) is 9.17. The molecule has 1 unspecified atom stereocenters. The summed E-state index contributed by atoms with van der Waals surface area (Å²) < 4.78 is 6.63. The summed E-state index contributed by atoms with van der Waals surface area (Å²) in [5.74, 6) is 0.375. The first kappa shape index (κ1) is 18.0. The van der Waals surface area contributed by atoms with E-state index >= 15 is 0 Å². The van der Waals surface area contributed by atoms with Gasteiger partial charge in [-0.15, -0.1) is 0 Å². The molecule has 3 heterocycles. The molecule has 3 aromatic rings. The zero-order valence-electron chi connectivity index (χ0n) is 14.5. The zero-order chi connectivity index (χ0) is 19.8. The molecule has 1 aromatic carbocycles. The molecular weight excluding hydrogens is 388 g/mol. The molecule has 0 saturated heterocycles. The van der Waals surface area contributed by atoms with Crippen molar-refractivity contribution in [1.82, 2.24) is 19.7 Å². The van der Waals surface area contributed by atoms with Gasteiger partial charge in [-0.1, -0.05) is 11.8 Å². The number of amides is 1. The Morgan fingerprint density at radius 3 is 3.11 bits per heavy atom. The van der Waals surface area contributed by atoms with Crippen LogP contribution in [0.1, 0.15) is 12.5 Å². The number of rotatable bonds is 5. The van der Waals surface area contributed by atoms with Crippen LogP contribution in [0.2, 0.25) is 0 Å². The normalized spacial score (nSPS) is 15.4. The van der Waals surface area contributed by atoms with E-state index in [2.05, 4.69) is 20.5 Å². The van der Waals surface area contributed by atoms with Gasteiger partial charge in [-0.25, -0.2) is 4.98 Å². The molecule has 1 amide bonds. The molecule has 0 bridgehead atoms. The van der Waals surface area contributed by atoms with E-state index in [1.807, 2.05) is 0 Å². The molecular formula is C16H14N6O5S. The fourth-order valence-corrected chi connectivity index (χ4v) is 4.15. The number of anilines is 1. The Morgan fingerprint density at radius 1 is 1.54 bits per heavy atom. The standard InChI is InChI=1S/C16H14N6O5S/c1-27-12-4-8(22(25)26)2-3-11(12)18-13(23)5-9-7-28-16-19-14-10(6-17-20-14)15(24)21(9)16/h2-4,6,9H,5,7H2,1H3,(H,17,20)(H,18,23). The molecule has 0 aliphatic carbocycles. The number of methoxy groups -OCH3 is 1. The van der Waals surface area contributed by atoms with E-state index in [1.54, 1.807) is 0 Å². The number of nitro groups is 1. The Labute approximate surface area is 161 Å². The lowest BCUT2D eigenvalue weighted by Crippen LogP contribution is -2.27. The molecule has 4 rings (SSSR count). The smallest absolute Gasteiger partial charge is 0.273 e. The first-order chi connectivity index (χ1) is 13.5. The summed E-state index contributed by atoms with van der Waals surface area (Å²) in [4.78, 5) is 39.9. The number of hydrogen-bond acceptors (Lipinski definition) is 8. The van der Waals surface area contributed by atoms with E-state index in [-0.39, 0.29) is 35.4 Å². The predicted molar refractivity (Wildman–Crippen MR) is 101 cm³/mol. The molecule has 144 valence electrons. The lowest BCUT2D eigenvalue weighted by molar-refractivity contribution is -0.384. The van der Waals surface area contributed by atoms with Crippen LogP contribution in [0.5, 0.6) is 5.75 Å². The number of nitro benzene ring substituents is 1. The van der Waals surface area contributed by atoms with Gasteiger partial charge in [0.1, 0.15) is 11.1 Å². The van der Waals surface area contributed by atoms with Crippen molar-refractivity contribution in [2.45, 2.75) is 17.6 Å². The fourth-order valence-electron chi connectivity index (χ4n) is 3.02. The van der Waals surface area contributed by atoms with Crippen LogP contribution in [0, 0.1) is 10.1 Å². The van der Waals surface area contributed by atoms with Crippen LogP contribution in [0.4, 0.5) is 11.4 Å². The van der Waals surface area contributed by atoms with Gasteiger partial charge in [0.05, 0.1) is 36.0 Å². The zero-order valence-corrected chi connectivity index (χ0v) is 15.4. The first-order valence-electron chi connectivity index (χ1n) is 8.18. The molecule has 1 atom stereocenters. The average Bonchev–Trinajstić information content (AvgIpc) is 3.29. The summed E-state index contributed by atoms with van der Waals surface area (Å²) in [6.07, 6.45) is 1.46. The lowest BCUT2D eigenvalue weighted by Gasteiger charge is -2.14. The van der Waals surface area contributed by atoms with Crippen LogP contribution in [0.15, 0.2) is 34.3 Å². The van der Waals surface area contributed by atoms with Crippen molar-refractivity contribution in [3.63, 3.8) is 0 Å². The SMILES string of the molecule is COc1cc([N+](=O)[O-])ccc1NC(=O)CC1CSc2nc3[nH]ncc3c(=O)n21. The molecule has 11 nitrogen and oxygen atoms in total. The number of thioether (sulfide) groups is 1. The van der Waals surface area contributed by atoms with Crippen molar-refractivity contribution in [3.8, 4) is 5.75 Å². The monoisotopic (exact) mass is 402 g/mol. The molecule has 2 aromatic heterocycles. The van der Waals surface area contributed by atoms with Gasteiger partial charge in [0, 0.05) is 18.2 Å². The van der Waals surface area contributed by atoms with Gasteiger partial charge in [-0.2, -0.15) is 5.10 Å². The number of ether oxygens (including phenoxy) is 1. The highest BCUT2D eigenvalue weighted by atomic mass is 32.2. The molecule has 1 aliphatic rings. The van der Waals surface area contributed by atoms with Crippen LogP contribution in [-0.2, 0) is 4.79 Å². The maximum atomic E-state index is 12.7. The van der Waals surface area contributed by atoms with Gasteiger partial charge in [-0.05, 0) is 6.07 Å². The van der Waals surface area contributed by atoms with E-state index < -0.39 is 4.92 Å². The maximum Gasteiger partial charge on any atom is 0.273 e. The summed E-state index contributed by atoms with van der Waals surface area (Å²) in [6, 6.07) is 3.57. The summed E-state index contributed by atoms with van der Waals surface area (Å²) in [7, 11) is 1.36. The number of nitrogens with zero attached hydrogens (tertiary/aromatic N) is 4. The number of carbonyl (C=O) groups is 1. The van der Waals surface area contributed by atoms with Crippen LogP contribution in [-0.4, -0.2) is 43.4 Å². The number of aromatic amines is 1. The third kappa shape index (κ3) is 3.07. The summed E-state index contributed by atoms with van der Waals surface area (Å²) in [5, 5.41) is 21.0. The van der Waals surface area contributed by atoms with E-state index in [0.717, 1.165) is 0 Å². The predicted octanol–water partition coefficient (Wildman–Crippen LogP) is 1.71. The number of aromatic nitrogens is 4. The molecule has 1 aliphatic heterocycles. The van der Waals surface area contributed by atoms with E-state index in [1.165, 1.54) is 47.8 Å². The Bertz CT molecular complexity index is 1160. The number of nitrogens with one attached hydrogen (secondary N) is 2. The van der Waals surface area contributed by atoms with Gasteiger partial charge < -0.3 is 10.1 Å². The van der Waals surface area contributed by atoms with Crippen LogP contribution in [0.25, 0.3) is 11.0 Å². The minimum atomic E-state index is -0.545. The van der Waals surface area contributed by atoms with Gasteiger partial charge in [0.15, 0.2) is 10.8 Å². The van der Waals surface area contributed by atoms with Gasteiger partial charge >= 0.3 is 0 Å². The van der Waals surface area contributed by atoms with E-state index in [4.69, 9.17) is 4.74 Å². The van der Waals surface area contributed by atoms with Crippen LogP contribution in [0.3, 0.4) is 0 Å². The molecule has 0 radical (unpaired) electrons. The Hall–Kier alpha value is -3.41. The van der Waals surface area contributed by atoms with Crippen molar-refractivity contribution in [1.29, 1.82) is 0 Å². The molecule has 2 N–H and O–H groups in total. The van der Waals surface area contributed by atoms with E-state index in [9.17, 15) is 19.7 Å². The number of hydrogen-bond donors (Lipinski definition) is 2. The number of benzene rings is 1. The second-order valence-corrected chi connectivity index (χ2v) is 7.05. The van der Waals surface area contributed by atoms with E-state index in [0.29, 0.717) is 27.6 Å². The second-order valence-electron chi connectivity index (χ2n) is 6.06. The third-order valence-electron chi connectivity index (χ3n) is 4.34. The van der Waals surface area contributed by atoms with Crippen molar-refractivity contribution < 1.29 is 14.5 Å². The van der Waals surface area contributed by atoms with Crippen molar-refractivity contribution >= 4 is 40.1 Å². The quantitative estimate of drug-likeness (QED) is 0.373. The fraction of sp³-hybridized carbons (Fsp3) is 0.250. The minimum absolute atomic E-state index is 0.0467. The number of H-pyrrole nitrogens is 1. The van der Waals surface area contributed by atoms with Gasteiger partial charge in [0.25, 0.3) is 11.2 Å². The van der Waals surface area contributed by atoms with Gasteiger partial charge in [0.2, 0.25) is 5.91 Å². The van der Waals surface area contributed by atoms with Crippen LogP contribution >= 0.6 is 11.8 Å². The Morgan fingerprint density at radius 2 is 2.36 bits per heavy atom. The Kier molecular flexibility index (Phi) is 4.47. The number of non-ortho nitro benzene ring substituents is 1. The largest absolute Gasteiger partial charge is 0.494 e. The Balaban J connectivity index is 1.55. The number of fused-ring (bicyclic) bond motifs is 2. The van der Waals surface area contributed by atoms with Crippen LogP contribution < -0.4 is 15.6 Å². The summed E-state index contributed by atoms with van der Waals surface area (Å²) in [6.45, 7) is 0. The highest BCUT2D eigenvalue weighted by molar-refractivity contribution is 7.99.